The van der Waals surface area contributed by atoms with Crippen LogP contribution in [0.15, 0.2) is 41.8 Å². The topological polar surface area (TPSA) is 84.2 Å². The van der Waals surface area contributed by atoms with Crippen LogP contribution < -0.4 is 16.4 Å². The Balaban J connectivity index is 1.89. The zero-order valence-electron chi connectivity index (χ0n) is 10.1. The zero-order valence-corrected chi connectivity index (χ0v) is 10.9. The molecular weight excluding hydrogens is 262 g/mol. The van der Waals surface area contributed by atoms with Gasteiger partial charge in [-0.15, -0.1) is 11.3 Å². The van der Waals surface area contributed by atoms with Gasteiger partial charge in [0.25, 0.3) is 5.91 Å². The van der Waals surface area contributed by atoms with Crippen LogP contribution in [0, 0.1) is 0 Å². The van der Waals surface area contributed by atoms with E-state index in [0.717, 1.165) is 4.88 Å². The number of hydrogen-bond acceptors (Lipinski definition) is 4. The summed E-state index contributed by atoms with van der Waals surface area (Å²) in [5.74, 6) is -0.512. The van der Waals surface area contributed by atoms with Crippen LogP contribution in [0.1, 0.15) is 15.2 Å². The number of para-hydroxylation sites is 1. The molecule has 2 aromatic rings. The molecule has 4 N–H and O–H groups in total. The Labute approximate surface area is 114 Å². The zero-order chi connectivity index (χ0) is 13.7. The predicted octanol–water partition coefficient (Wildman–Crippen LogP) is 1.97. The van der Waals surface area contributed by atoms with Crippen LogP contribution >= 0.6 is 11.3 Å². The highest BCUT2D eigenvalue weighted by atomic mass is 32.1. The van der Waals surface area contributed by atoms with Crippen LogP contribution in [0.3, 0.4) is 0 Å². The van der Waals surface area contributed by atoms with E-state index < -0.39 is 11.9 Å². The summed E-state index contributed by atoms with van der Waals surface area (Å²) in [6.07, 6.45) is 0. The minimum absolute atomic E-state index is 0.286. The van der Waals surface area contributed by atoms with Gasteiger partial charge in [0.1, 0.15) is 0 Å². The van der Waals surface area contributed by atoms with Gasteiger partial charge in [-0.05, 0) is 23.6 Å². The van der Waals surface area contributed by atoms with E-state index in [-0.39, 0.29) is 5.56 Å². The highest BCUT2D eigenvalue weighted by Gasteiger charge is 2.12. The average Bonchev–Trinajstić information content (AvgIpc) is 2.90. The number of anilines is 1. The summed E-state index contributed by atoms with van der Waals surface area (Å²) in [5.41, 5.74) is 6.28. The lowest BCUT2D eigenvalue weighted by Crippen LogP contribution is -2.39. The SMILES string of the molecule is Nc1ccccc1C(=O)NC(=O)NCc1cccs1. The van der Waals surface area contributed by atoms with Crippen LogP contribution in [-0.2, 0) is 6.54 Å². The Morgan fingerprint density at radius 3 is 2.63 bits per heavy atom. The maximum atomic E-state index is 11.8. The molecular formula is C13H13N3O2S. The number of carbonyl (C=O) groups is 2. The highest BCUT2D eigenvalue weighted by molar-refractivity contribution is 7.09. The van der Waals surface area contributed by atoms with E-state index in [4.69, 9.17) is 5.73 Å². The van der Waals surface area contributed by atoms with Crippen molar-refractivity contribution in [1.82, 2.24) is 10.6 Å². The van der Waals surface area contributed by atoms with Crippen molar-refractivity contribution in [3.05, 3.63) is 52.2 Å². The number of nitrogen functional groups attached to an aromatic ring is 1. The van der Waals surface area contributed by atoms with Crippen molar-refractivity contribution < 1.29 is 9.59 Å². The minimum Gasteiger partial charge on any atom is -0.398 e. The second-order valence-corrected chi connectivity index (χ2v) is 4.84. The van der Waals surface area contributed by atoms with E-state index >= 15 is 0 Å². The third-order valence-electron chi connectivity index (χ3n) is 2.44. The number of benzene rings is 1. The van der Waals surface area contributed by atoms with Gasteiger partial charge in [-0.25, -0.2) is 4.79 Å². The lowest BCUT2D eigenvalue weighted by molar-refractivity contribution is 0.0965. The molecule has 3 amide bonds. The van der Waals surface area contributed by atoms with Crippen molar-refractivity contribution in [2.45, 2.75) is 6.54 Å². The number of carbonyl (C=O) groups excluding carboxylic acids is 2. The molecule has 0 bridgehead atoms. The van der Waals surface area contributed by atoms with E-state index in [9.17, 15) is 9.59 Å². The molecule has 0 radical (unpaired) electrons. The summed E-state index contributed by atoms with van der Waals surface area (Å²) in [5, 5.41) is 6.76. The molecule has 0 atom stereocenters. The van der Waals surface area contributed by atoms with E-state index in [2.05, 4.69) is 10.6 Å². The molecule has 1 heterocycles. The minimum atomic E-state index is -0.540. The number of amides is 3. The van der Waals surface area contributed by atoms with Gasteiger partial charge >= 0.3 is 6.03 Å². The molecule has 1 aromatic heterocycles. The molecule has 19 heavy (non-hydrogen) atoms. The maximum absolute atomic E-state index is 11.8. The monoisotopic (exact) mass is 275 g/mol. The number of thiophene rings is 1. The predicted molar refractivity (Wildman–Crippen MR) is 74.9 cm³/mol. The van der Waals surface area contributed by atoms with Gasteiger partial charge in [0.15, 0.2) is 0 Å². The maximum Gasteiger partial charge on any atom is 0.322 e. The Morgan fingerprint density at radius 1 is 1.16 bits per heavy atom. The second kappa shape index (κ2) is 6.01. The summed E-state index contributed by atoms with van der Waals surface area (Å²) < 4.78 is 0. The van der Waals surface area contributed by atoms with E-state index in [1.54, 1.807) is 24.3 Å². The quantitative estimate of drug-likeness (QED) is 0.749. The third kappa shape index (κ3) is 3.56. The van der Waals surface area contributed by atoms with Crippen molar-refractivity contribution >= 4 is 29.0 Å². The van der Waals surface area contributed by atoms with Crippen molar-refractivity contribution in [1.29, 1.82) is 0 Å². The fraction of sp³-hybridized carbons (Fsp3) is 0.0769. The molecule has 0 aliphatic heterocycles. The number of imide groups is 1. The number of urea groups is 1. The normalized spacial score (nSPS) is 9.89. The number of nitrogens with two attached hydrogens (primary N) is 1. The molecule has 0 unspecified atom stereocenters. The van der Waals surface area contributed by atoms with Crippen LogP contribution in [0.25, 0.3) is 0 Å². The molecule has 0 saturated heterocycles. The molecule has 0 spiro atoms. The molecule has 0 saturated carbocycles. The van der Waals surface area contributed by atoms with Gasteiger partial charge < -0.3 is 11.1 Å². The lowest BCUT2D eigenvalue weighted by atomic mass is 10.2. The van der Waals surface area contributed by atoms with Gasteiger partial charge in [0.05, 0.1) is 12.1 Å². The van der Waals surface area contributed by atoms with E-state index in [1.165, 1.54) is 11.3 Å². The van der Waals surface area contributed by atoms with Crippen LogP contribution in [-0.4, -0.2) is 11.9 Å². The first-order valence-electron chi connectivity index (χ1n) is 5.63. The first-order valence-corrected chi connectivity index (χ1v) is 6.51. The Hall–Kier alpha value is -2.34. The van der Waals surface area contributed by atoms with Crippen LogP contribution in [0.2, 0.25) is 0 Å². The largest absolute Gasteiger partial charge is 0.398 e. The summed E-state index contributed by atoms with van der Waals surface area (Å²) in [6, 6.07) is 9.85. The van der Waals surface area contributed by atoms with Gasteiger partial charge in [-0.3, -0.25) is 10.1 Å². The molecule has 1 aromatic carbocycles. The first-order chi connectivity index (χ1) is 9.16. The first kappa shape index (κ1) is 13.1. The Morgan fingerprint density at radius 2 is 1.95 bits per heavy atom. The number of rotatable bonds is 3. The van der Waals surface area contributed by atoms with Gasteiger partial charge in [0.2, 0.25) is 0 Å². The van der Waals surface area contributed by atoms with Crippen molar-refractivity contribution in [3.8, 4) is 0 Å². The summed E-state index contributed by atoms with van der Waals surface area (Å²) in [7, 11) is 0. The van der Waals surface area contributed by atoms with Gasteiger partial charge in [0, 0.05) is 10.6 Å². The fourth-order valence-electron chi connectivity index (χ4n) is 1.50. The van der Waals surface area contributed by atoms with E-state index in [0.29, 0.717) is 12.2 Å². The number of hydrogen-bond donors (Lipinski definition) is 3. The summed E-state index contributed by atoms with van der Waals surface area (Å²) >= 11 is 1.54. The second-order valence-electron chi connectivity index (χ2n) is 3.80. The van der Waals surface area contributed by atoms with Gasteiger partial charge in [-0.1, -0.05) is 18.2 Å². The Kier molecular flexibility index (Phi) is 4.15. The Bertz CT molecular complexity index is 581. The molecule has 6 heteroatoms. The average molecular weight is 275 g/mol. The van der Waals surface area contributed by atoms with Crippen molar-refractivity contribution in [2.24, 2.45) is 0 Å². The molecule has 0 fully saturated rings. The molecule has 2 rings (SSSR count). The summed E-state index contributed by atoms with van der Waals surface area (Å²) in [4.78, 5) is 24.4. The third-order valence-corrected chi connectivity index (χ3v) is 3.31. The molecule has 5 nitrogen and oxygen atoms in total. The molecule has 0 aliphatic carbocycles. The standard InChI is InChI=1S/C13H13N3O2S/c14-11-6-2-1-5-10(11)12(17)16-13(18)15-8-9-4-3-7-19-9/h1-7H,8,14H2,(H2,15,16,17,18). The van der Waals surface area contributed by atoms with E-state index in [1.807, 2.05) is 17.5 Å². The van der Waals surface area contributed by atoms with Crippen LogP contribution in [0.4, 0.5) is 10.5 Å². The molecule has 0 aliphatic rings. The lowest BCUT2D eigenvalue weighted by Gasteiger charge is -2.07. The highest BCUT2D eigenvalue weighted by Crippen LogP contribution is 2.10. The fourth-order valence-corrected chi connectivity index (χ4v) is 2.14. The van der Waals surface area contributed by atoms with Crippen molar-refractivity contribution in [2.75, 3.05) is 5.73 Å². The van der Waals surface area contributed by atoms with Gasteiger partial charge in [-0.2, -0.15) is 0 Å². The number of nitrogens with one attached hydrogen (secondary N) is 2. The smallest absolute Gasteiger partial charge is 0.322 e. The molecule has 98 valence electrons. The summed E-state index contributed by atoms with van der Waals surface area (Å²) in [6.45, 7) is 0.390. The van der Waals surface area contributed by atoms with Crippen molar-refractivity contribution in [3.63, 3.8) is 0 Å². The van der Waals surface area contributed by atoms with Crippen LogP contribution in [0.5, 0.6) is 0 Å².